The lowest BCUT2D eigenvalue weighted by Crippen LogP contribution is -1.81. The largest absolute Gasteiger partial charge is 0.192 e. The third-order valence-electron chi connectivity index (χ3n) is 3.01. The molecule has 1 aliphatic rings. The number of fused-ring (bicyclic) bond motifs is 1. The van der Waals surface area contributed by atoms with Gasteiger partial charge in [-0.3, -0.25) is 0 Å². The van der Waals surface area contributed by atoms with Crippen molar-refractivity contribution in [2.75, 3.05) is 0 Å². The molecule has 0 aliphatic heterocycles. The van der Waals surface area contributed by atoms with E-state index < -0.39 is 0 Å². The van der Waals surface area contributed by atoms with Crippen LogP contribution in [0.25, 0.3) is 5.57 Å². The minimum absolute atomic E-state index is 0.833. The fourth-order valence-corrected chi connectivity index (χ4v) is 3.23. The topological polar surface area (TPSA) is 23.8 Å². The maximum Gasteiger partial charge on any atom is 0.101 e. The molecule has 86 valence electrons. The molecule has 2 heteroatoms. The molecule has 2 aromatic rings. The molecule has 0 N–H and O–H groups in total. The van der Waals surface area contributed by atoms with Gasteiger partial charge in [0.15, 0.2) is 0 Å². The van der Waals surface area contributed by atoms with Crippen LogP contribution in [-0.4, -0.2) is 0 Å². The zero-order valence-corrected chi connectivity index (χ0v) is 10.6. The lowest BCUT2D eigenvalue weighted by Gasteiger charge is -2.02. The third kappa shape index (κ3) is 1.94. The van der Waals surface area contributed by atoms with Gasteiger partial charge in [-0.15, -0.1) is 0 Å². The summed E-state index contributed by atoms with van der Waals surface area (Å²) < 4.78 is 0. The summed E-state index contributed by atoms with van der Waals surface area (Å²) in [4.78, 5) is 2.35. The highest BCUT2D eigenvalue weighted by atomic mass is 32.2. The Balaban J connectivity index is 1.97. The fourth-order valence-electron chi connectivity index (χ4n) is 2.17. The summed E-state index contributed by atoms with van der Waals surface area (Å²) in [5.74, 6) is 0. The van der Waals surface area contributed by atoms with Gasteiger partial charge >= 0.3 is 0 Å². The zero-order chi connectivity index (χ0) is 12.4. The monoisotopic (exact) mass is 249 g/mol. The summed E-state index contributed by atoms with van der Waals surface area (Å²) in [5.41, 5.74) is 3.19. The molecular weight excluding hydrogens is 238 g/mol. The van der Waals surface area contributed by atoms with Gasteiger partial charge in [0.05, 0.1) is 5.57 Å². The normalized spacial score (nSPS) is 13.3. The number of hydrogen-bond donors (Lipinski definition) is 0. The van der Waals surface area contributed by atoms with E-state index in [2.05, 4.69) is 24.3 Å². The van der Waals surface area contributed by atoms with Gasteiger partial charge in [0, 0.05) is 16.2 Å². The second kappa shape index (κ2) is 4.72. The van der Waals surface area contributed by atoms with Crippen LogP contribution >= 0.6 is 11.8 Å². The number of nitriles is 1. The van der Waals surface area contributed by atoms with Gasteiger partial charge in [-0.1, -0.05) is 54.2 Å². The van der Waals surface area contributed by atoms with E-state index in [4.69, 9.17) is 0 Å². The van der Waals surface area contributed by atoms with Crippen LogP contribution in [0.3, 0.4) is 0 Å². The molecule has 0 unspecified atom stereocenters. The van der Waals surface area contributed by atoms with Crippen LogP contribution < -0.4 is 0 Å². The number of nitrogens with zero attached hydrogens (tertiary/aromatic N) is 1. The molecule has 0 bridgehead atoms. The van der Waals surface area contributed by atoms with Crippen LogP contribution in [0.1, 0.15) is 11.1 Å². The predicted molar refractivity (Wildman–Crippen MR) is 75.0 cm³/mol. The predicted octanol–water partition coefficient (Wildman–Crippen LogP) is 4.27. The number of hydrogen-bond acceptors (Lipinski definition) is 2. The Labute approximate surface area is 111 Å². The van der Waals surface area contributed by atoms with Crippen LogP contribution in [0.5, 0.6) is 0 Å². The van der Waals surface area contributed by atoms with E-state index in [1.807, 2.05) is 36.4 Å². The number of benzene rings is 2. The SMILES string of the molecule is N#CC1=C(Sc2ccccc2)Cc2ccccc21. The standard InChI is InChI=1S/C16H11NS/c17-11-15-14-9-5-4-6-12(14)10-16(15)18-13-7-2-1-3-8-13/h1-9H,10H2. The second-order valence-corrected chi connectivity index (χ2v) is 5.33. The van der Waals surface area contributed by atoms with Crippen molar-refractivity contribution in [3.63, 3.8) is 0 Å². The quantitative estimate of drug-likeness (QED) is 0.793. The summed E-state index contributed by atoms with van der Waals surface area (Å²) in [6.07, 6.45) is 0.874. The molecule has 3 rings (SSSR count). The Morgan fingerprint density at radius 1 is 0.944 bits per heavy atom. The molecule has 0 fully saturated rings. The van der Waals surface area contributed by atoms with E-state index in [1.54, 1.807) is 11.8 Å². The van der Waals surface area contributed by atoms with Crippen LogP contribution in [0.15, 0.2) is 64.4 Å². The smallest absolute Gasteiger partial charge is 0.101 e. The van der Waals surface area contributed by atoms with Crippen molar-refractivity contribution in [1.29, 1.82) is 5.26 Å². The number of allylic oxidation sites excluding steroid dienone is 2. The summed E-state index contributed by atoms with van der Waals surface area (Å²) in [7, 11) is 0. The minimum atomic E-state index is 0.833. The molecule has 18 heavy (non-hydrogen) atoms. The third-order valence-corrected chi connectivity index (χ3v) is 4.12. The maximum atomic E-state index is 9.34. The van der Waals surface area contributed by atoms with Gasteiger partial charge in [0.2, 0.25) is 0 Å². The summed E-state index contributed by atoms with van der Waals surface area (Å²) >= 11 is 1.70. The Hall–Kier alpha value is -1.98. The Morgan fingerprint density at radius 2 is 1.67 bits per heavy atom. The highest BCUT2D eigenvalue weighted by molar-refractivity contribution is 8.03. The number of thioether (sulfide) groups is 1. The van der Waals surface area contributed by atoms with E-state index in [9.17, 15) is 5.26 Å². The van der Waals surface area contributed by atoms with Crippen molar-refractivity contribution in [1.82, 2.24) is 0 Å². The highest BCUT2D eigenvalue weighted by Gasteiger charge is 2.21. The Morgan fingerprint density at radius 3 is 2.44 bits per heavy atom. The lowest BCUT2D eigenvalue weighted by atomic mass is 10.1. The molecule has 0 spiro atoms. The van der Waals surface area contributed by atoms with Crippen molar-refractivity contribution in [2.24, 2.45) is 0 Å². The molecule has 2 aromatic carbocycles. The maximum absolute atomic E-state index is 9.34. The molecule has 0 aromatic heterocycles. The Bertz CT molecular complexity index is 650. The Kier molecular flexibility index (Phi) is 2.92. The molecule has 1 nitrogen and oxygen atoms in total. The molecule has 0 saturated heterocycles. The van der Waals surface area contributed by atoms with E-state index in [0.717, 1.165) is 22.5 Å². The van der Waals surface area contributed by atoms with Crippen molar-refractivity contribution in [3.8, 4) is 6.07 Å². The molecule has 0 heterocycles. The van der Waals surface area contributed by atoms with Crippen molar-refractivity contribution in [3.05, 3.63) is 70.6 Å². The first kappa shape index (κ1) is 11.1. The average molecular weight is 249 g/mol. The van der Waals surface area contributed by atoms with Gasteiger partial charge in [0.25, 0.3) is 0 Å². The lowest BCUT2D eigenvalue weighted by molar-refractivity contribution is 1.29. The highest BCUT2D eigenvalue weighted by Crippen LogP contribution is 2.41. The van der Waals surface area contributed by atoms with E-state index in [0.29, 0.717) is 0 Å². The van der Waals surface area contributed by atoms with Crippen LogP contribution in [0, 0.1) is 11.3 Å². The molecule has 0 amide bonds. The van der Waals surface area contributed by atoms with E-state index in [-0.39, 0.29) is 0 Å². The second-order valence-electron chi connectivity index (χ2n) is 4.16. The van der Waals surface area contributed by atoms with Crippen LogP contribution in [-0.2, 0) is 6.42 Å². The molecule has 0 saturated carbocycles. The first-order valence-corrected chi connectivity index (χ1v) is 6.64. The average Bonchev–Trinajstić information content (AvgIpc) is 2.77. The van der Waals surface area contributed by atoms with Crippen LogP contribution in [0.2, 0.25) is 0 Å². The van der Waals surface area contributed by atoms with Gasteiger partial charge in [-0.2, -0.15) is 5.26 Å². The van der Waals surface area contributed by atoms with Crippen molar-refractivity contribution in [2.45, 2.75) is 11.3 Å². The van der Waals surface area contributed by atoms with Gasteiger partial charge in [-0.05, 0) is 23.3 Å². The first-order valence-electron chi connectivity index (χ1n) is 5.83. The van der Waals surface area contributed by atoms with Crippen molar-refractivity contribution >= 4 is 17.3 Å². The molecule has 0 atom stereocenters. The van der Waals surface area contributed by atoms with Crippen molar-refractivity contribution < 1.29 is 0 Å². The zero-order valence-electron chi connectivity index (χ0n) is 9.76. The van der Waals surface area contributed by atoms with Gasteiger partial charge in [-0.25, -0.2) is 0 Å². The van der Waals surface area contributed by atoms with Gasteiger partial charge < -0.3 is 0 Å². The van der Waals surface area contributed by atoms with Crippen LogP contribution in [0.4, 0.5) is 0 Å². The van der Waals surface area contributed by atoms with E-state index >= 15 is 0 Å². The molecular formula is C16H11NS. The summed E-state index contributed by atoms with van der Waals surface area (Å²) in [6.45, 7) is 0. The molecule has 0 radical (unpaired) electrons. The summed E-state index contributed by atoms with van der Waals surface area (Å²) in [6, 6.07) is 20.7. The minimum Gasteiger partial charge on any atom is -0.192 e. The fraction of sp³-hybridized carbons (Fsp3) is 0.0625. The summed E-state index contributed by atoms with van der Waals surface area (Å²) in [5, 5.41) is 9.34. The van der Waals surface area contributed by atoms with Gasteiger partial charge in [0.1, 0.15) is 6.07 Å². The van der Waals surface area contributed by atoms with E-state index in [1.165, 1.54) is 10.5 Å². The molecule has 1 aliphatic carbocycles. The number of rotatable bonds is 2. The first-order chi connectivity index (χ1) is 8.88.